The summed E-state index contributed by atoms with van der Waals surface area (Å²) in [4.78, 5) is 0.212. The molecule has 1 heterocycles. The van der Waals surface area contributed by atoms with Crippen molar-refractivity contribution in [1.29, 1.82) is 0 Å². The number of sulfonamides is 1. The minimum Gasteiger partial charge on any atom is -0.356 e. The maximum atomic E-state index is 12.1. The fourth-order valence-electron chi connectivity index (χ4n) is 1.49. The molecule has 1 aromatic carbocycles. The number of rotatable bonds is 4. The van der Waals surface area contributed by atoms with E-state index in [1.54, 1.807) is 6.07 Å². The Labute approximate surface area is 99.0 Å². The Bertz CT molecular complexity index is 621. The van der Waals surface area contributed by atoms with Gasteiger partial charge in [0.1, 0.15) is 0 Å². The van der Waals surface area contributed by atoms with Gasteiger partial charge in [0, 0.05) is 25.5 Å². The topological polar surface area (TPSA) is 89.4 Å². The van der Waals surface area contributed by atoms with Gasteiger partial charge in [-0.05, 0) is 18.2 Å². The number of likely N-dealkylation sites (N-methyl/N-ethyl adjacent to an activating group) is 1. The molecule has 2 aromatic rings. The summed E-state index contributed by atoms with van der Waals surface area (Å²) in [5.74, 6) is 0. The van der Waals surface area contributed by atoms with Crippen molar-refractivity contribution in [2.75, 3.05) is 20.1 Å². The fraction of sp³-hybridized carbons (Fsp3) is 0.300. The molecule has 7 heteroatoms. The molecule has 0 unspecified atom stereocenters. The van der Waals surface area contributed by atoms with Crippen molar-refractivity contribution in [3.63, 3.8) is 0 Å². The fourth-order valence-corrected chi connectivity index (χ4v) is 2.71. The molecule has 2 rings (SSSR count). The minimum atomic E-state index is -3.49. The lowest BCUT2D eigenvalue weighted by Gasteiger charge is -2.15. The third-order valence-corrected chi connectivity index (χ3v) is 4.33. The van der Waals surface area contributed by atoms with Gasteiger partial charge in [-0.1, -0.05) is 5.16 Å². The summed E-state index contributed by atoms with van der Waals surface area (Å²) in [6.07, 6.45) is 1.48. The van der Waals surface area contributed by atoms with Crippen LogP contribution in [0.5, 0.6) is 0 Å². The zero-order valence-corrected chi connectivity index (χ0v) is 10.1. The van der Waals surface area contributed by atoms with Crippen LogP contribution >= 0.6 is 0 Å². The third kappa shape index (κ3) is 2.17. The highest BCUT2D eigenvalue weighted by Gasteiger charge is 2.20. The van der Waals surface area contributed by atoms with Crippen molar-refractivity contribution in [2.45, 2.75) is 4.90 Å². The first kappa shape index (κ1) is 12.0. The molecule has 0 aliphatic carbocycles. The van der Waals surface area contributed by atoms with Crippen LogP contribution in [0.25, 0.3) is 11.0 Å². The van der Waals surface area contributed by atoms with Crippen molar-refractivity contribution >= 4 is 21.0 Å². The second-order valence-electron chi connectivity index (χ2n) is 3.64. The van der Waals surface area contributed by atoms with E-state index in [4.69, 9.17) is 10.3 Å². The van der Waals surface area contributed by atoms with Crippen LogP contribution in [-0.4, -0.2) is 38.0 Å². The van der Waals surface area contributed by atoms with Gasteiger partial charge in [-0.25, -0.2) is 8.42 Å². The standard InChI is InChI=1S/C10H13N3O3S/c1-13(5-4-11)17(14,15)9-2-3-10-8(6-9)7-12-16-10/h2-3,6-7H,4-5,11H2,1H3. The van der Waals surface area contributed by atoms with Crippen LogP contribution in [-0.2, 0) is 10.0 Å². The smallest absolute Gasteiger partial charge is 0.242 e. The Morgan fingerprint density at radius 2 is 2.24 bits per heavy atom. The summed E-state index contributed by atoms with van der Waals surface area (Å²) >= 11 is 0. The van der Waals surface area contributed by atoms with Crippen molar-refractivity contribution in [1.82, 2.24) is 9.46 Å². The van der Waals surface area contributed by atoms with E-state index >= 15 is 0 Å². The molecule has 2 N–H and O–H groups in total. The van der Waals surface area contributed by atoms with Gasteiger partial charge in [0.2, 0.25) is 10.0 Å². The molecule has 0 atom stereocenters. The normalized spacial score (nSPS) is 12.4. The van der Waals surface area contributed by atoms with Gasteiger partial charge in [-0.2, -0.15) is 4.31 Å². The minimum absolute atomic E-state index is 0.212. The second-order valence-corrected chi connectivity index (χ2v) is 5.69. The van der Waals surface area contributed by atoms with Crippen LogP contribution in [0.15, 0.2) is 33.8 Å². The largest absolute Gasteiger partial charge is 0.356 e. The van der Waals surface area contributed by atoms with Gasteiger partial charge >= 0.3 is 0 Å². The molecule has 0 aliphatic rings. The number of nitrogens with two attached hydrogens (primary N) is 1. The Morgan fingerprint density at radius 3 is 2.94 bits per heavy atom. The molecule has 92 valence electrons. The molecule has 6 nitrogen and oxygen atoms in total. The van der Waals surface area contributed by atoms with E-state index in [1.165, 1.54) is 29.7 Å². The highest BCUT2D eigenvalue weighted by molar-refractivity contribution is 7.89. The van der Waals surface area contributed by atoms with Crippen LogP contribution in [0.1, 0.15) is 0 Å². The number of hydrogen-bond donors (Lipinski definition) is 1. The summed E-state index contributed by atoms with van der Waals surface area (Å²) < 4.78 is 30.4. The number of benzene rings is 1. The average Bonchev–Trinajstić information content (AvgIpc) is 2.76. The highest BCUT2D eigenvalue weighted by Crippen LogP contribution is 2.20. The Hall–Kier alpha value is -1.44. The molecule has 0 spiro atoms. The van der Waals surface area contributed by atoms with Gasteiger partial charge < -0.3 is 10.3 Å². The molecule has 0 aliphatic heterocycles. The lowest BCUT2D eigenvalue weighted by Crippen LogP contribution is -2.31. The molecular weight excluding hydrogens is 242 g/mol. The van der Waals surface area contributed by atoms with Gasteiger partial charge in [0.15, 0.2) is 5.58 Å². The maximum Gasteiger partial charge on any atom is 0.242 e. The SMILES string of the molecule is CN(CCN)S(=O)(=O)c1ccc2oncc2c1. The van der Waals surface area contributed by atoms with Crippen LogP contribution in [0.4, 0.5) is 0 Å². The molecule has 0 radical (unpaired) electrons. The van der Waals surface area contributed by atoms with E-state index in [2.05, 4.69) is 5.16 Å². The monoisotopic (exact) mass is 255 g/mol. The first-order valence-electron chi connectivity index (χ1n) is 5.06. The van der Waals surface area contributed by atoms with Crippen LogP contribution in [0.3, 0.4) is 0 Å². The predicted octanol–water partition coefficient (Wildman–Crippen LogP) is 0.407. The predicted molar refractivity (Wildman–Crippen MR) is 62.9 cm³/mol. The zero-order chi connectivity index (χ0) is 12.5. The quantitative estimate of drug-likeness (QED) is 0.854. The Morgan fingerprint density at radius 1 is 1.47 bits per heavy atom. The average molecular weight is 255 g/mol. The van der Waals surface area contributed by atoms with Gasteiger partial charge in [-0.15, -0.1) is 0 Å². The lowest BCUT2D eigenvalue weighted by molar-refractivity contribution is 0.456. The summed E-state index contributed by atoms with van der Waals surface area (Å²) in [6, 6.07) is 4.62. The molecule has 0 bridgehead atoms. The molecule has 0 saturated carbocycles. The van der Waals surface area contributed by atoms with Gasteiger partial charge in [-0.3, -0.25) is 0 Å². The number of nitrogens with zero attached hydrogens (tertiary/aromatic N) is 2. The molecule has 0 amide bonds. The highest BCUT2D eigenvalue weighted by atomic mass is 32.2. The van der Waals surface area contributed by atoms with Crippen molar-refractivity contribution in [2.24, 2.45) is 5.73 Å². The lowest BCUT2D eigenvalue weighted by atomic mass is 10.3. The van der Waals surface area contributed by atoms with Crippen LogP contribution in [0, 0.1) is 0 Å². The Balaban J connectivity index is 2.44. The van der Waals surface area contributed by atoms with Crippen molar-refractivity contribution in [3.05, 3.63) is 24.4 Å². The number of fused-ring (bicyclic) bond motifs is 1. The van der Waals surface area contributed by atoms with Crippen LogP contribution < -0.4 is 5.73 Å². The molecule has 1 aromatic heterocycles. The summed E-state index contributed by atoms with van der Waals surface area (Å²) in [5.41, 5.74) is 5.91. The first-order chi connectivity index (χ1) is 8.05. The van der Waals surface area contributed by atoms with E-state index in [1.807, 2.05) is 0 Å². The summed E-state index contributed by atoms with van der Waals surface area (Å²) in [5, 5.41) is 4.26. The van der Waals surface area contributed by atoms with E-state index in [0.29, 0.717) is 11.0 Å². The van der Waals surface area contributed by atoms with Crippen molar-refractivity contribution < 1.29 is 12.9 Å². The van der Waals surface area contributed by atoms with Crippen LogP contribution in [0.2, 0.25) is 0 Å². The first-order valence-corrected chi connectivity index (χ1v) is 6.50. The van der Waals surface area contributed by atoms with E-state index < -0.39 is 10.0 Å². The van der Waals surface area contributed by atoms with E-state index in [9.17, 15) is 8.42 Å². The summed E-state index contributed by atoms with van der Waals surface area (Å²) in [6.45, 7) is 0.565. The van der Waals surface area contributed by atoms with Gasteiger partial charge in [0.05, 0.1) is 11.1 Å². The second kappa shape index (κ2) is 4.44. The number of aromatic nitrogens is 1. The zero-order valence-electron chi connectivity index (χ0n) is 9.33. The summed E-state index contributed by atoms with van der Waals surface area (Å²) in [7, 11) is -1.99. The molecular formula is C10H13N3O3S. The Kier molecular flexibility index (Phi) is 3.14. The van der Waals surface area contributed by atoms with E-state index in [0.717, 1.165) is 0 Å². The molecule has 0 saturated heterocycles. The molecule has 17 heavy (non-hydrogen) atoms. The van der Waals surface area contributed by atoms with E-state index in [-0.39, 0.29) is 18.0 Å². The van der Waals surface area contributed by atoms with Crippen molar-refractivity contribution in [3.8, 4) is 0 Å². The molecule has 0 fully saturated rings. The maximum absolute atomic E-state index is 12.1. The number of hydrogen-bond acceptors (Lipinski definition) is 5. The van der Waals surface area contributed by atoms with Gasteiger partial charge in [0.25, 0.3) is 0 Å². The third-order valence-electron chi connectivity index (χ3n) is 2.48.